The van der Waals surface area contributed by atoms with Crippen molar-refractivity contribution in [3.8, 4) is 0 Å². The van der Waals surface area contributed by atoms with E-state index in [-0.39, 0.29) is 5.41 Å². The molecule has 1 saturated heterocycles. The summed E-state index contributed by atoms with van der Waals surface area (Å²) in [7, 11) is 0. The Kier molecular flexibility index (Phi) is 2.23. The molecular weight excluding hydrogens is 222 g/mol. The van der Waals surface area contributed by atoms with Crippen molar-refractivity contribution in [1.82, 2.24) is 9.36 Å². The van der Waals surface area contributed by atoms with Gasteiger partial charge in [-0.3, -0.25) is 0 Å². The summed E-state index contributed by atoms with van der Waals surface area (Å²) in [4.78, 5) is 4.37. The van der Waals surface area contributed by atoms with Gasteiger partial charge in [-0.15, -0.1) is 0 Å². The van der Waals surface area contributed by atoms with E-state index in [0.29, 0.717) is 18.1 Å². The van der Waals surface area contributed by atoms with Crippen molar-refractivity contribution in [2.45, 2.75) is 39.3 Å². The van der Waals surface area contributed by atoms with Gasteiger partial charge < -0.3 is 10.1 Å². The van der Waals surface area contributed by atoms with Crippen molar-refractivity contribution in [1.29, 1.82) is 0 Å². The first kappa shape index (κ1) is 10.5. The highest BCUT2D eigenvalue weighted by Gasteiger charge is 2.59. The van der Waals surface area contributed by atoms with E-state index in [2.05, 4.69) is 28.5 Å². The molecule has 2 heterocycles. The molecule has 0 amide bonds. The van der Waals surface area contributed by atoms with Crippen LogP contribution in [0.1, 0.15) is 26.1 Å². The van der Waals surface area contributed by atoms with Crippen molar-refractivity contribution in [3.63, 3.8) is 0 Å². The number of aryl methyl sites for hydroxylation is 1. The van der Waals surface area contributed by atoms with Gasteiger partial charge >= 0.3 is 0 Å². The lowest BCUT2D eigenvalue weighted by molar-refractivity contribution is -0.0923. The molecule has 3 rings (SSSR count). The van der Waals surface area contributed by atoms with Crippen LogP contribution in [0.25, 0.3) is 0 Å². The fraction of sp³-hybridized carbons (Fsp3) is 0.818. The second kappa shape index (κ2) is 3.40. The molecule has 2 fully saturated rings. The van der Waals surface area contributed by atoms with Crippen molar-refractivity contribution < 1.29 is 4.74 Å². The topological polar surface area (TPSA) is 47.0 Å². The summed E-state index contributed by atoms with van der Waals surface area (Å²) in [5.74, 6) is 1.50. The van der Waals surface area contributed by atoms with Crippen molar-refractivity contribution in [2.24, 2.45) is 11.3 Å². The Morgan fingerprint density at radius 2 is 2.31 bits per heavy atom. The SMILES string of the molecule is Cc1nsc(N[C@@H]2[C@H]3CCO[C@H]3C2(C)C)n1. The Morgan fingerprint density at radius 3 is 3.00 bits per heavy atom. The third kappa shape index (κ3) is 1.38. The predicted molar refractivity (Wildman–Crippen MR) is 63.7 cm³/mol. The minimum Gasteiger partial charge on any atom is -0.377 e. The van der Waals surface area contributed by atoms with E-state index in [1.807, 2.05) is 6.92 Å². The number of ether oxygens (including phenoxy) is 1. The predicted octanol–water partition coefficient (Wildman–Crippen LogP) is 2.07. The minimum atomic E-state index is 0.209. The second-order valence-corrected chi connectivity index (χ2v) is 6.09. The fourth-order valence-corrected chi connectivity index (χ4v) is 3.72. The molecule has 2 aliphatic rings. The normalized spacial score (nSPS) is 35.6. The van der Waals surface area contributed by atoms with Gasteiger partial charge in [-0.05, 0) is 13.3 Å². The number of aromatic nitrogens is 2. The summed E-state index contributed by atoms with van der Waals surface area (Å²) in [5.41, 5.74) is 0.209. The average molecular weight is 239 g/mol. The van der Waals surface area contributed by atoms with Crippen molar-refractivity contribution >= 4 is 16.7 Å². The van der Waals surface area contributed by atoms with Gasteiger partial charge in [0.1, 0.15) is 5.82 Å². The number of nitrogens with one attached hydrogen (secondary N) is 1. The Hall–Kier alpha value is -0.680. The van der Waals surface area contributed by atoms with E-state index >= 15 is 0 Å². The second-order valence-electron chi connectivity index (χ2n) is 5.33. The fourth-order valence-electron chi connectivity index (χ4n) is 3.11. The first-order valence-corrected chi connectivity index (χ1v) is 6.55. The smallest absolute Gasteiger partial charge is 0.202 e. The maximum Gasteiger partial charge on any atom is 0.202 e. The Bertz CT molecular complexity index is 404. The maximum atomic E-state index is 5.77. The molecule has 0 radical (unpaired) electrons. The van der Waals surface area contributed by atoms with Crippen LogP contribution in [0.4, 0.5) is 5.13 Å². The van der Waals surface area contributed by atoms with E-state index in [0.717, 1.165) is 17.6 Å². The lowest BCUT2D eigenvalue weighted by atomic mass is 9.57. The highest BCUT2D eigenvalue weighted by atomic mass is 32.1. The van der Waals surface area contributed by atoms with E-state index in [1.54, 1.807) is 0 Å². The first-order valence-electron chi connectivity index (χ1n) is 5.77. The third-order valence-electron chi connectivity index (χ3n) is 3.91. The zero-order chi connectivity index (χ0) is 11.3. The van der Waals surface area contributed by atoms with E-state index in [4.69, 9.17) is 4.74 Å². The number of fused-ring (bicyclic) bond motifs is 1. The van der Waals surface area contributed by atoms with Crippen LogP contribution in [0.2, 0.25) is 0 Å². The molecule has 5 heteroatoms. The summed E-state index contributed by atoms with van der Waals surface area (Å²) in [6.07, 6.45) is 1.60. The quantitative estimate of drug-likeness (QED) is 0.858. The highest BCUT2D eigenvalue weighted by molar-refractivity contribution is 7.09. The van der Waals surface area contributed by atoms with Crippen LogP contribution in [-0.4, -0.2) is 28.1 Å². The molecule has 1 aromatic rings. The van der Waals surface area contributed by atoms with Crippen LogP contribution < -0.4 is 5.32 Å². The Balaban J connectivity index is 1.75. The standard InChI is InChI=1S/C11H17N3OS/c1-6-12-10(16-14-6)13-8-7-4-5-15-9(7)11(8,2)3/h7-9H,4-5H2,1-3H3,(H,12,13,14)/t7-,8-,9-/m1/s1. The van der Waals surface area contributed by atoms with Gasteiger partial charge in [-0.1, -0.05) is 13.8 Å². The summed E-state index contributed by atoms with van der Waals surface area (Å²) < 4.78 is 9.97. The molecule has 1 aliphatic heterocycles. The van der Waals surface area contributed by atoms with Crippen molar-refractivity contribution in [2.75, 3.05) is 11.9 Å². The maximum absolute atomic E-state index is 5.77. The average Bonchev–Trinajstić information content (AvgIpc) is 2.81. The van der Waals surface area contributed by atoms with E-state index < -0.39 is 0 Å². The number of hydrogen-bond acceptors (Lipinski definition) is 5. The molecule has 0 spiro atoms. The summed E-state index contributed by atoms with van der Waals surface area (Å²) in [5, 5.41) is 4.47. The van der Waals surface area contributed by atoms with E-state index in [9.17, 15) is 0 Å². The molecule has 88 valence electrons. The first-order chi connectivity index (χ1) is 7.59. The molecular formula is C11H17N3OS. The van der Waals surface area contributed by atoms with Crippen LogP contribution in [0.5, 0.6) is 0 Å². The summed E-state index contributed by atoms with van der Waals surface area (Å²) in [6.45, 7) is 7.37. The number of rotatable bonds is 2. The molecule has 1 saturated carbocycles. The molecule has 1 aliphatic carbocycles. The monoisotopic (exact) mass is 239 g/mol. The van der Waals surface area contributed by atoms with Gasteiger partial charge in [0.2, 0.25) is 5.13 Å². The highest BCUT2D eigenvalue weighted by Crippen LogP contribution is 2.53. The van der Waals surface area contributed by atoms with Gasteiger partial charge in [0.25, 0.3) is 0 Å². The van der Waals surface area contributed by atoms with Crippen LogP contribution in [-0.2, 0) is 4.74 Å². The van der Waals surface area contributed by atoms with Crippen LogP contribution >= 0.6 is 11.5 Å². The molecule has 16 heavy (non-hydrogen) atoms. The zero-order valence-electron chi connectivity index (χ0n) is 9.86. The Labute approximate surface area is 99.6 Å². The number of anilines is 1. The Morgan fingerprint density at radius 1 is 1.50 bits per heavy atom. The summed E-state index contributed by atoms with van der Waals surface area (Å²) in [6, 6.07) is 0.479. The van der Waals surface area contributed by atoms with Crippen LogP contribution in [0.15, 0.2) is 0 Å². The third-order valence-corrected chi connectivity index (χ3v) is 4.64. The summed E-state index contributed by atoms with van der Waals surface area (Å²) >= 11 is 1.45. The van der Waals surface area contributed by atoms with Gasteiger partial charge in [0.15, 0.2) is 0 Å². The largest absolute Gasteiger partial charge is 0.377 e. The molecule has 0 unspecified atom stereocenters. The molecule has 0 aromatic carbocycles. The van der Waals surface area contributed by atoms with Gasteiger partial charge in [0, 0.05) is 35.5 Å². The molecule has 4 nitrogen and oxygen atoms in total. The molecule has 3 atom stereocenters. The van der Waals surface area contributed by atoms with Gasteiger partial charge in [-0.2, -0.15) is 4.37 Å². The van der Waals surface area contributed by atoms with Crippen LogP contribution in [0.3, 0.4) is 0 Å². The lowest BCUT2D eigenvalue weighted by Crippen LogP contribution is -2.63. The molecule has 1 aromatic heterocycles. The van der Waals surface area contributed by atoms with Crippen molar-refractivity contribution in [3.05, 3.63) is 5.82 Å². The van der Waals surface area contributed by atoms with E-state index in [1.165, 1.54) is 18.0 Å². The zero-order valence-corrected chi connectivity index (χ0v) is 10.7. The minimum absolute atomic E-state index is 0.209. The number of nitrogens with zero attached hydrogens (tertiary/aromatic N) is 2. The lowest BCUT2D eigenvalue weighted by Gasteiger charge is -2.54. The molecule has 0 bridgehead atoms. The molecule has 1 N–H and O–H groups in total. The van der Waals surface area contributed by atoms with Gasteiger partial charge in [-0.25, -0.2) is 4.98 Å². The van der Waals surface area contributed by atoms with Crippen LogP contribution in [0, 0.1) is 18.3 Å². The number of hydrogen-bond donors (Lipinski definition) is 1. The van der Waals surface area contributed by atoms with Gasteiger partial charge in [0.05, 0.1) is 6.10 Å².